The van der Waals surface area contributed by atoms with Gasteiger partial charge in [-0.2, -0.15) is 0 Å². The highest BCUT2D eigenvalue weighted by Gasteiger charge is 2.16. The fraction of sp³-hybridized carbons (Fsp3) is 0.100. The van der Waals surface area contributed by atoms with Crippen molar-refractivity contribution in [2.24, 2.45) is 7.05 Å². The Morgan fingerprint density at radius 1 is 1.50 bits per heavy atom. The van der Waals surface area contributed by atoms with Crippen molar-refractivity contribution in [3.05, 3.63) is 45.0 Å². The van der Waals surface area contributed by atoms with Crippen molar-refractivity contribution >= 4 is 28.4 Å². The number of ketones is 1. The van der Waals surface area contributed by atoms with Gasteiger partial charge in [0, 0.05) is 16.2 Å². The molecule has 0 unspecified atom stereocenters. The van der Waals surface area contributed by atoms with Crippen molar-refractivity contribution in [2.45, 2.75) is 0 Å². The summed E-state index contributed by atoms with van der Waals surface area (Å²) in [6, 6.07) is 4.04. The molecule has 0 saturated heterocycles. The zero-order valence-electron chi connectivity index (χ0n) is 8.32. The molecule has 0 spiro atoms. The van der Waals surface area contributed by atoms with E-state index in [0.29, 0.717) is 14.8 Å². The fourth-order valence-electron chi connectivity index (χ4n) is 1.31. The lowest BCUT2D eigenvalue weighted by molar-refractivity contribution is 0.102. The maximum absolute atomic E-state index is 12.9. The Bertz CT molecular complexity index is 553. The number of carbonyl (C=O) groups excluding carboxylic acids is 1. The molecule has 0 radical (unpaired) electrons. The summed E-state index contributed by atoms with van der Waals surface area (Å²) in [6.07, 6.45) is 1.39. The van der Waals surface area contributed by atoms with Crippen LogP contribution in [0.4, 0.5) is 4.39 Å². The summed E-state index contributed by atoms with van der Waals surface area (Å²) < 4.78 is 14.9. The first kappa shape index (κ1) is 11.2. The summed E-state index contributed by atoms with van der Waals surface area (Å²) in [6.45, 7) is 0. The lowest BCUT2D eigenvalue weighted by atomic mass is 10.1. The van der Waals surface area contributed by atoms with Crippen LogP contribution in [0.5, 0.6) is 0 Å². The summed E-state index contributed by atoms with van der Waals surface area (Å²) in [5.74, 6) is -0.569. The van der Waals surface area contributed by atoms with Gasteiger partial charge in [-0.05, 0) is 40.8 Å². The van der Waals surface area contributed by atoms with E-state index in [1.54, 1.807) is 7.05 Å². The van der Waals surface area contributed by atoms with Gasteiger partial charge < -0.3 is 0 Å². The molecule has 1 aromatic carbocycles. The Morgan fingerprint density at radius 3 is 2.81 bits per heavy atom. The molecule has 0 aliphatic heterocycles. The molecule has 1 heterocycles. The molecule has 2 aromatic rings. The van der Waals surface area contributed by atoms with E-state index < -0.39 is 0 Å². The highest BCUT2D eigenvalue weighted by Crippen LogP contribution is 2.17. The Labute approximate surface area is 105 Å². The zero-order valence-corrected chi connectivity index (χ0v) is 10.5. The lowest BCUT2D eigenvalue weighted by Gasteiger charge is -2.03. The van der Waals surface area contributed by atoms with Crippen LogP contribution in [-0.2, 0) is 7.05 Å². The van der Waals surface area contributed by atoms with E-state index in [2.05, 4.69) is 10.3 Å². The van der Waals surface area contributed by atoms with E-state index in [4.69, 9.17) is 0 Å². The maximum Gasteiger partial charge on any atom is 0.213 e. The zero-order chi connectivity index (χ0) is 11.7. The van der Waals surface area contributed by atoms with Gasteiger partial charge in [0.2, 0.25) is 5.78 Å². The molecule has 0 atom stereocenters. The van der Waals surface area contributed by atoms with Crippen LogP contribution >= 0.6 is 22.6 Å². The standard InChI is InChI=1S/C10H7FIN3O/c1-15-9(5-13-14-15)10(16)7-3-2-6(11)4-8(7)12/h2-5H,1H3. The van der Waals surface area contributed by atoms with E-state index in [1.165, 1.54) is 29.1 Å². The second kappa shape index (κ2) is 4.28. The predicted octanol–water partition coefficient (Wildman–Crippen LogP) is 1.79. The average molecular weight is 331 g/mol. The Morgan fingerprint density at radius 2 is 2.25 bits per heavy atom. The van der Waals surface area contributed by atoms with Crippen molar-refractivity contribution in [1.82, 2.24) is 15.0 Å². The molecule has 16 heavy (non-hydrogen) atoms. The maximum atomic E-state index is 12.9. The average Bonchev–Trinajstić information content (AvgIpc) is 2.63. The second-order valence-electron chi connectivity index (χ2n) is 3.20. The van der Waals surface area contributed by atoms with Crippen LogP contribution in [0.25, 0.3) is 0 Å². The van der Waals surface area contributed by atoms with Crippen LogP contribution in [0.2, 0.25) is 0 Å². The van der Waals surface area contributed by atoms with Gasteiger partial charge in [-0.15, -0.1) is 5.10 Å². The largest absolute Gasteiger partial charge is 0.287 e. The first-order chi connectivity index (χ1) is 7.59. The molecule has 0 N–H and O–H groups in total. The van der Waals surface area contributed by atoms with E-state index in [1.807, 2.05) is 22.6 Å². The third-order valence-electron chi connectivity index (χ3n) is 2.12. The minimum Gasteiger partial charge on any atom is -0.287 e. The van der Waals surface area contributed by atoms with Crippen LogP contribution in [-0.4, -0.2) is 20.8 Å². The number of benzene rings is 1. The number of nitrogens with zero attached hydrogens (tertiary/aromatic N) is 3. The van der Waals surface area contributed by atoms with Gasteiger partial charge >= 0.3 is 0 Å². The molecular weight excluding hydrogens is 324 g/mol. The predicted molar refractivity (Wildman–Crippen MR) is 63.6 cm³/mol. The first-order valence-electron chi connectivity index (χ1n) is 4.44. The molecule has 0 aliphatic rings. The van der Waals surface area contributed by atoms with Crippen molar-refractivity contribution in [2.75, 3.05) is 0 Å². The second-order valence-corrected chi connectivity index (χ2v) is 4.36. The van der Waals surface area contributed by atoms with E-state index in [-0.39, 0.29) is 11.6 Å². The molecule has 2 rings (SSSR count). The van der Waals surface area contributed by atoms with Gasteiger partial charge in [0.15, 0.2) is 0 Å². The summed E-state index contributed by atoms with van der Waals surface area (Å²) in [4.78, 5) is 12.0. The topological polar surface area (TPSA) is 47.8 Å². The number of hydrogen-bond acceptors (Lipinski definition) is 3. The van der Waals surface area contributed by atoms with Crippen molar-refractivity contribution in [3.63, 3.8) is 0 Å². The quantitative estimate of drug-likeness (QED) is 0.623. The summed E-state index contributed by atoms with van der Waals surface area (Å²) in [7, 11) is 1.64. The normalized spacial score (nSPS) is 10.4. The monoisotopic (exact) mass is 331 g/mol. The lowest BCUT2D eigenvalue weighted by Crippen LogP contribution is -2.09. The molecule has 1 aromatic heterocycles. The van der Waals surface area contributed by atoms with Crippen LogP contribution in [0.15, 0.2) is 24.4 Å². The van der Waals surface area contributed by atoms with Gasteiger partial charge in [0.25, 0.3) is 0 Å². The van der Waals surface area contributed by atoms with E-state index in [9.17, 15) is 9.18 Å². The number of hydrogen-bond donors (Lipinski definition) is 0. The molecule has 0 amide bonds. The molecule has 82 valence electrons. The molecule has 4 nitrogen and oxygen atoms in total. The van der Waals surface area contributed by atoms with Gasteiger partial charge in [0.1, 0.15) is 11.5 Å². The molecule has 6 heteroatoms. The third-order valence-corrected chi connectivity index (χ3v) is 3.02. The van der Waals surface area contributed by atoms with E-state index in [0.717, 1.165) is 0 Å². The highest BCUT2D eigenvalue weighted by atomic mass is 127. The van der Waals surface area contributed by atoms with E-state index >= 15 is 0 Å². The van der Waals surface area contributed by atoms with Crippen molar-refractivity contribution in [3.8, 4) is 0 Å². The van der Waals surface area contributed by atoms with Gasteiger partial charge in [-0.25, -0.2) is 9.07 Å². The smallest absolute Gasteiger partial charge is 0.213 e. The van der Waals surface area contributed by atoms with Crippen LogP contribution in [0, 0.1) is 9.39 Å². The summed E-state index contributed by atoms with van der Waals surface area (Å²) in [5.41, 5.74) is 0.830. The fourth-order valence-corrected chi connectivity index (χ4v) is 2.03. The van der Waals surface area contributed by atoms with Crippen LogP contribution in [0.3, 0.4) is 0 Å². The first-order valence-corrected chi connectivity index (χ1v) is 5.52. The SMILES string of the molecule is Cn1nncc1C(=O)c1ccc(F)cc1I. The third kappa shape index (κ3) is 1.97. The number of aryl methyl sites for hydroxylation is 1. The number of carbonyl (C=O) groups is 1. The molecule has 0 saturated carbocycles. The Kier molecular flexibility index (Phi) is 2.99. The minimum absolute atomic E-state index is 0.211. The van der Waals surface area contributed by atoms with Crippen LogP contribution < -0.4 is 0 Å². The van der Waals surface area contributed by atoms with Gasteiger partial charge in [-0.3, -0.25) is 4.79 Å². The molecule has 0 aliphatic carbocycles. The molecule has 0 fully saturated rings. The molecule has 0 bridgehead atoms. The van der Waals surface area contributed by atoms with Crippen LogP contribution in [0.1, 0.15) is 16.1 Å². The summed E-state index contributed by atoms with van der Waals surface area (Å²) >= 11 is 1.93. The number of aromatic nitrogens is 3. The summed E-state index contributed by atoms with van der Waals surface area (Å²) in [5, 5.41) is 7.31. The number of rotatable bonds is 2. The Balaban J connectivity index is 2.46. The molecular formula is C10H7FIN3O. The number of halogens is 2. The van der Waals surface area contributed by atoms with Gasteiger partial charge in [-0.1, -0.05) is 5.21 Å². The minimum atomic E-state index is -0.357. The highest BCUT2D eigenvalue weighted by molar-refractivity contribution is 14.1. The van der Waals surface area contributed by atoms with Crippen molar-refractivity contribution < 1.29 is 9.18 Å². The van der Waals surface area contributed by atoms with Crippen molar-refractivity contribution in [1.29, 1.82) is 0 Å². The Hall–Kier alpha value is -1.31. The van der Waals surface area contributed by atoms with Gasteiger partial charge in [0.05, 0.1) is 6.20 Å².